The van der Waals surface area contributed by atoms with Crippen LogP contribution in [0.15, 0.2) is 77.7 Å². The molecule has 2 aromatic carbocycles. The van der Waals surface area contributed by atoms with E-state index in [1.807, 2.05) is 6.92 Å². The van der Waals surface area contributed by atoms with Crippen molar-refractivity contribution in [3.63, 3.8) is 0 Å². The van der Waals surface area contributed by atoms with Crippen LogP contribution in [-0.4, -0.2) is 38.7 Å². The minimum Gasteiger partial charge on any atom is -0.497 e. The summed E-state index contributed by atoms with van der Waals surface area (Å²) in [6, 6.07) is 17.9. The van der Waals surface area contributed by atoms with Gasteiger partial charge in [0, 0.05) is 17.5 Å². The van der Waals surface area contributed by atoms with Gasteiger partial charge in [0.2, 0.25) is 0 Å². The predicted octanol–water partition coefficient (Wildman–Crippen LogP) is 4.57. The fourth-order valence-electron chi connectivity index (χ4n) is 4.12. The van der Waals surface area contributed by atoms with E-state index in [4.69, 9.17) is 9.47 Å². The minimum absolute atomic E-state index is 0.222. The summed E-state index contributed by atoms with van der Waals surface area (Å²) in [7, 11) is 1.56. The van der Waals surface area contributed by atoms with Crippen LogP contribution in [0.4, 0.5) is 4.39 Å². The maximum Gasteiger partial charge on any atom is 0.267 e. The van der Waals surface area contributed by atoms with Crippen molar-refractivity contribution in [2.45, 2.75) is 13.8 Å². The highest BCUT2D eigenvalue weighted by atomic mass is 19.1. The van der Waals surface area contributed by atoms with Crippen LogP contribution < -0.4 is 15.0 Å². The Hall–Kier alpha value is -4.79. The van der Waals surface area contributed by atoms with Gasteiger partial charge >= 0.3 is 0 Å². The largest absolute Gasteiger partial charge is 0.497 e. The average Bonchev–Trinajstić information content (AvgIpc) is 3.28. The van der Waals surface area contributed by atoms with Crippen molar-refractivity contribution in [1.29, 1.82) is 0 Å². The molecule has 0 atom stereocenters. The molecule has 0 amide bonds. The van der Waals surface area contributed by atoms with Crippen molar-refractivity contribution < 1.29 is 18.7 Å². The lowest BCUT2D eigenvalue weighted by atomic mass is 10.1. The molecular weight excluding hydrogens is 475 g/mol. The second-order valence-electron chi connectivity index (χ2n) is 8.45. The maximum atomic E-state index is 13.8. The first-order valence-corrected chi connectivity index (χ1v) is 11.5. The van der Waals surface area contributed by atoms with Crippen molar-refractivity contribution in [3.8, 4) is 28.4 Å². The van der Waals surface area contributed by atoms with E-state index in [0.29, 0.717) is 39.7 Å². The number of ether oxygens (including phenoxy) is 2. The van der Waals surface area contributed by atoms with E-state index in [2.05, 4.69) is 10.1 Å². The summed E-state index contributed by atoms with van der Waals surface area (Å²) in [5.41, 5.74) is 2.91. The SMILES string of the molecule is COc1ccc(C(=O)COc2cccn3c(=O)c(-c4cc(C)n(-c5cccc(F)c5)n4)c(C)nc23)cc1. The van der Waals surface area contributed by atoms with Crippen LogP contribution in [0.3, 0.4) is 0 Å². The molecule has 0 saturated heterocycles. The first-order chi connectivity index (χ1) is 17.9. The van der Waals surface area contributed by atoms with Crippen molar-refractivity contribution >= 4 is 11.4 Å². The zero-order valence-corrected chi connectivity index (χ0v) is 20.4. The van der Waals surface area contributed by atoms with Gasteiger partial charge in [-0.2, -0.15) is 5.10 Å². The first kappa shape index (κ1) is 23.9. The van der Waals surface area contributed by atoms with Crippen LogP contribution in [0.5, 0.6) is 11.5 Å². The summed E-state index contributed by atoms with van der Waals surface area (Å²) in [6.45, 7) is 3.32. The molecule has 0 unspecified atom stereocenters. The Morgan fingerprint density at radius 2 is 1.81 bits per heavy atom. The number of aryl methyl sites for hydroxylation is 2. The van der Waals surface area contributed by atoms with Crippen LogP contribution in [0, 0.1) is 19.7 Å². The van der Waals surface area contributed by atoms with E-state index in [0.717, 1.165) is 5.69 Å². The number of hydrogen-bond donors (Lipinski definition) is 0. The van der Waals surface area contributed by atoms with Crippen LogP contribution in [0.1, 0.15) is 21.7 Å². The Balaban J connectivity index is 1.48. The number of hydrogen-bond acceptors (Lipinski definition) is 6. The fourth-order valence-corrected chi connectivity index (χ4v) is 4.12. The highest BCUT2D eigenvalue weighted by Crippen LogP contribution is 2.24. The number of carbonyl (C=O) groups is 1. The normalized spacial score (nSPS) is 11.0. The number of ketones is 1. The number of carbonyl (C=O) groups excluding carboxylic acids is 1. The van der Waals surface area contributed by atoms with Crippen LogP contribution in [0.2, 0.25) is 0 Å². The number of halogens is 1. The van der Waals surface area contributed by atoms with Crippen LogP contribution in [0.25, 0.3) is 22.6 Å². The molecule has 0 fully saturated rings. The molecule has 0 bridgehead atoms. The highest BCUT2D eigenvalue weighted by molar-refractivity contribution is 5.97. The van der Waals surface area contributed by atoms with Gasteiger partial charge in [0.25, 0.3) is 5.56 Å². The molecule has 0 saturated carbocycles. The van der Waals surface area contributed by atoms with Gasteiger partial charge in [-0.05, 0) is 74.5 Å². The third-order valence-corrected chi connectivity index (χ3v) is 5.97. The number of pyridine rings is 1. The number of nitrogens with zero attached hydrogens (tertiary/aromatic N) is 4. The molecule has 8 nitrogen and oxygen atoms in total. The quantitative estimate of drug-likeness (QED) is 0.306. The van der Waals surface area contributed by atoms with E-state index >= 15 is 0 Å². The van der Waals surface area contributed by atoms with Gasteiger partial charge in [0.15, 0.2) is 23.8 Å². The molecule has 0 aliphatic rings. The Morgan fingerprint density at radius 1 is 1.03 bits per heavy atom. The van der Waals surface area contributed by atoms with E-state index in [1.54, 1.807) is 79.5 Å². The van der Waals surface area contributed by atoms with Gasteiger partial charge < -0.3 is 9.47 Å². The second-order valence-corrected chi connectivity index (χ2v) is 8.45. The van der Waals surface area contributed by atoms with Gasteiger partial charge in [-0.15, -0.1) is 0 Å². The Morgan fingerprint density at radius 3 is 2.54 bits per heavy atom. The molecule has 3 heterocycles. The smallest absolute Gasteiger partial charge is 0.267 e. The average molecular weight is 499 g/mol. The number of benzene rings is 2. The molecule has 0 N–H and O–H groups in total. The molecule has 0 aliphatic carbocycles. The molecule has 5 aromatic rings. The van der Waals surface area contributed by atoms with Crippen molar-refractivity contribution in [3.05, 3.63) is 106 Å². The summed E-state index contributed by atoms with van der Waals surface area (Å²) >= 11 is 0. The van der Waals surface area contributed by atoms with Gasteiger partial charge in [0.1, 0.15) is 17.3 Å². The molecule has 5 rings (SSSR count). The monoisotopic (exact) mass is 498 g/mol. The molecule has 186 valence electrons. The number of Topliss-reactive ketones (excluding diaryl/α,β-unsaturated/α-hetero) is 1. The Bertz CT molecular complexity index is 1690. The first-order valence-electron chi connectivity index (χ1n) is 11.5. The maximum absolute atomic E-state index is 13.8. The lowest BCUT2D eigenvalue weighted by Gasteiger charge is -2.11. The van der Waals surface area contributed by atoms with Gasteiger partial charge in [-0.25, -0.2) is 14.1 Å². The standard InChI is InChI=1S/C28H23FN4O4/c1-17-14-23(31-33(17)21-7-4-6-20(29)15-21)26-18(2)30-27-25(8-5-13-32(27)28(26)35)37-16-24(34)19-9-11-22(36-3)12-10-19/h4-15H,16H2,1-3H3. The zero-order chi connectivity index (χ0) is 26.1. The lowest BCUT2D eigenvalue weighted by molar-refractivity contribution is 0.0922. The number of methoxy groups -OCH3 is 1. The molecule has 9 heteroatoms. The fraction of sp³-hybridized carbons (Fsp3) is 0.143. The Labute approximate surface area is 211 Å². The summed E-state index contributed by atoms with van der Waals surface area (Å²) in [4.78, 5) is 30.7. The number of aromatic nitrogens is 4. The van der Waals surface area contributed by atoms with E-state index < -0.39 is 0 Å². The topological polar surface area (TPSA) is 87.7 Å². The molecule has 0 radical (unpaired) electrons. The van der Waals surface area contributed by atoms with Gasteiger partial charge in [0.05, 0.1) is 24.1 Å². The van der Waals surface area contributed by atoms with E-state index in [1.165, 1.54) is 16.5 Å². The van der Waals surface area contributed by atoms with E-state index in [9.17, 15) is 14.0 Å². The van der Waals surface area contributed by atoms with Crippen molar-refractivity contribution in [2.75, 3.05) is 13.7 Å². The summed E-state index contributed by atoms with van der Waals surface area (Å²) in [5.74, 6) is 0.351. The summed E-state index contributed by atoms with van der Waals surface area (Å²) in [6.07, 6.45) is 1.59. The third-order valence-electron chi connectivity index (χ3n) is 5.97. The summed E-state index contributed by atoms with van der Waals surface area (Å²) < 4.78 is 27.6. The van der Waals surface area contributed by atoms with Crippen molar-refractivity contribution in [1.82, 2.24) is 19.2 Å². The molecule has 3 aromatic heterocycles. The van der Waals surface area contributed by atoms with Gasteiger partial charge in [-0.3, -0.25) is 14.0 Å². The van der Waals surface area contributed by atoms with Crippen LogP contribution in [-0.2, 0) is 0 Å². The van der Waals surface area contributed by atoms with Crippen LogP contribution >= 0.6 is 0 Å². The molecule has 37 heavy (non-hydrogen) atoms. The van der Waals surface area contributed by atoms with Gasteiger partial charge in [-0.1, -0.05) is 6.07 Å². The minimum atomic E-state index is -0.379. The third kappa shape index (κ3) is 4.58. The predicted molar refractivity (Wildman–Crippen MR) is 136 cm³/mol. The zero-order valence-electron chi connectivity index (χ0n) is 20.4. The summed E-state index contributed by atoms with van der Waals surface area (Å²) in [5, 5.41) is 4.56. The molecular formula is C28H23FN4O4. The number of rotatable bonds is 7. The highest BCUT2D eigenvalue weighted by Gasteiger charge is 2.19. The van der Waals surface area contributed by atoms with E-state index in [-0.39, 0.29) is 29.4 Å². The number of fused-ring (bicyclic) bond motifs is 1. The Kier molecular flexibility index (Phi) is 6.27. The molecule has 0 aliphatic heterocycles. The van der Waals surface area contributed by atoms with Crippen molar-refractivity contribution in [2.24, 2.45) is 0 Å². The lowest BCUT2D eigenvalue weighted by Crippen LogP contribution is -2.20. The molecule has 0 spiro atoms. The second kappa shape index (κ2) is 9.69.